The zero-order chi connectivity index (χ0) is 12.5. The SMILES string of the molecule is CC(C)(C)CCC(O)c1cn2ccccc2n1. The quantitative estimate of drug-likeness (QED) is 0.882. The van der Waals surface area contributed by atoms with Crippen molar-refractivity contribution in [2.75, 3.05) is 0 Å². The van der Waals surface area contributed by atoms with Gasteiger partial charge in [0, 0.05) is 12.4 Å². The topological polar surface area (TPSA) is 37.5 Å². The maximum absolute atomic E-state index is 10.1. The minimum Gasteiger partial charge on any atom is -0.387 e. The van der Waals surface area contributed by atoms with Gasteiger partial charge in [-0.05, 0) is 30.4 Å². The maximum Gasteiger partial charge on any atom is 0.137 e. The Kier molecular flexibility index (Phi) is 3.20. The fourth-order valence-corrected chi connectivity index (χ4v) is 1.83. The summed E-state index contributed by atoms with van der Waals surface area (Å²) >= 11 is 0. The summed E-state index contributed by atoms with van der Waals surface area (Å²) in [6.07, 6.45) is 5.13. The van der Waals surface area contributed by atoms with Crippen LogP contribution in [0.25, 0.3) is 5.65 Å². The molecule has 92 valence electrons. The van der Waals surface area contributed by atoms with Crippen LogP contribution in [0.15, 0.2) is 30.6 Å². The minimum absolute atomic E-state index is 0.250. The summed E-state index contributed by atoms with van der Waals surface area (Å²) in [4.78, 5) is 4.43. The lowest BCUT2D eigenvalue weighted by Crippen LogP contribution is -2.08. The first-order chi connectivity index (χ1) is 7.96. The highest BCUT2D eigenvalue weighted by Gasteiger charge is 2.16. The van der Waals surface area contributed by atoms with Gasteiger partial charge in [-0.1, -0.05) is 26.8 Å². The highest BCUT2D eigenvalue weighted by atomic mass is 16.3. The summed E-state index contributed by atoms with van der Waals surface area (Å²) in [5, 5.41) is 10.1. The Bertz CT molecular complexity index is 463. The van der Waals surface area contributed by atoms with Gasteiger partial charge in [0.05, 0.1) is 11.8 Å². The van der Waals surface area contributed by atoms with Crippen LogP contribution in [0.3, 0.4) is 0 Å². The molecule has 2 rings (SSSR count). The molecule has 1 N–H and O–H groups in total. The van der Waals surface area contributed by atoms with E-state index < -0.39 is 6.10 Å². The molecule has 2 heterocycles. The first kappa shape index (κ1) is 12.1. The number of rotatable bonds is 3. The van der Waals surface area contributed by atoms with E-state index >= 15 is 0 Å². The summed E-state index contributed by atoms with van der Waals surface area (Å²) in [6.45, 7) is 6.55. The van der Waals surface area contributed by atoms with E-state index in [0.29, 0.717) is 0 Å². The predicted molar refractivity (Wildman–Crippen MR) is 68.8 cm³/mol. The van der Waals surface area contributed by atoms with Crippen molar-refractivity contribution in [2.24, 2.45) is 5.41 Å². The molecule has 2 aromatic heterocycles. The van der Waals surface area contributed by atoms with Gasteiger partial charge in [0.2, 0.25) is 0 Å². The Morgan fingerprint density at radius 1 is 1.35 bits per heavy atom. The molecule has 1 unspecified atom stereocenters. The average molecular weight is 232 g/mol. The number of aliphatic hydroxyl groups excluding tert-OH is 1. The van der Waals surface area contributed by atoms with Crippen LogP contribution in [0.1, 0.15) is 45.4 Å². The number of aromatic nitrogens is 2. The van der Waals surface area contributed by atoms with E-state index in [0.717, 1.165) is 24.2 Å². The van der Waals surface area contributed by atoms with Gasteiger partial charge in [-0.2, -0.15) is 0 Å². The van der Waals surface area contributed by atoms with Gasteiger partial charge in [-0.25, -0.2) is 4.98 Å². The number of pyridine rings is 1. The lowest BCUT2D eigenvalue weighted by atomic mass is 9.89. The van der Waals surface area contributed by atoms with E-state index in [1.54, 1.807) is 0 Å². The van der Waals surface area contributed by atoms with Crippen molar-refractivity contribution in [3.05, 3.63) is 36.3 Å². The van der Waals surface area contributed by atoms with E-state index in [-0.39, 0.29) is 5.41 Å². The molecule has 0 amide bonds. The molecule has 0 spiro atoms. The third-order valence-corrected chi connectivity index (χ3v) is 2.89. The number of aliphatic hydroxyl groups is 1. The zero-order valence-electron chi connectivity index (χ0n) is 10.7. The molecule has 3 nitrogen and oxygen atoms in total. The molecule has 0 aliphatic carbocycles. The van der Waals surface area contributed by atoms with Gasteiger partial charge in [-0.3, -0.25) is 0 Å². The molecule has 3 heteroatoms. The Morgan fingerprint density at radius 2 is 2.12 bits per heavy atom. The molecule has 1 atom stereocenters. The normalized spacial score (nSPS) is 14.1. The van der Waals surface area contributed by atoms with Gasteiger partial charge >= 0.3 is 0 Å². The van der Waals surface area contributed by atoms with Gasteiger partial charge in [-0.15, -0.1) is 0 Å². The van der Waals surface area contributed by atoms with Gasteiger partial charge in [0.25, 0.3) is 0 Å². The Hall–Kier alpha value is -1.35. The molecular formula is C14H20N2O. The van der Waals surface area contributed by atoms with Crippen molar-refractivity contribution < 1.29 is 5.11 Å². The number of hydrogen-bond acceptors (Lipinski definition) is 2. The second kappa shape index (κ2) is 4.49. The van der Waals surface area contributed by atoms with Crippen LogP contribution >= 0.6 is 0 Å². The van der Waals surface area contributed by atoms with Crippen molar-refractivity contribution in [3.63, 3.8) is 0 Å². The molecule has 0 saturated carbocycles. The molecule has 0 saturated heterocycles. The predicted octanol–water partition coefficient (Wildman–Crippen LogP) is 3.19. The second-order valence-electron chi connectivity index (χ2n) is 5.75. The number of fused-ring (bicyclic) bond motifs is 1. The number of nitrogens with zero attached hydrogens (tertiary/aromatic N) is 2. The van der Waals surface area contributed by atoms with Crippen molar-refractivity contribution in [1.29, 1.82) is 0 Å². The number of hydrogen-bond donors (Lipinski definition) is 1. The van der Waals surface area contributed by atoms with Gasteiger partial charge in [0.1, 0.15) is 5.65 Å². The molecule has 0 fully saturated rings. The summed E-state index contributed by atoms with van der Waals surface area (Å²) < 4.78 is 1.94. The molecule has 17 heavy (non-hydrogen) atoms. The van der Waals surface area contributed by atoms with E-state index in [4.69, 9.17) is 0 Å². The third kappa shape index (κ3) is 3.07. The summed E-state index contributed by atoms with van der Waals surface area (Å²) in [7, 11) is 0. The Labute approximate surface area is 102 Å². The fourth-order valence-electron chi connectivity index (χ4n) is 1.83. The summed E-state index contributed by atoms with van der Waals surface area (Å²) in [5.41, 5.74) is 1.90. The first-order valence-corrected chi connectivity index (χ1v) is 6.07. The van der Waals surface area contributed by atoms with Crippen LogP contribution in [0.2, 0.25) is 0 Å². The van der Waals surface area contributed by atoms with Crippen molar-refractivity contribution >= 4 is 5.65 Å². The average Bonchev–Trinajstić information content (AvgIpc) is 2.68. The van der Waals surface area contributed by atoms with E-state index in [9.17, 15) is 5.11 Å². The van der Waals surface area contributed by atoms with E-state index in [1.807, 2.05) is 35.0 Å². The van der Waals surface area contributed by atoms with E-state index in [2.05, 4.69) is 25.8 Å². The standard InChI is InChI=1S/C14H20N2O/c1-14(2,3)8-7-12(17)11-10-16-9-5-4-6-13(16)15-11/h4-6,9-10,12,17H,7-8H2,1-3H3. The molecule has 0 aliphatic heterocycles. The van der Waals surface area contributed by atoms with E-state index in [1.165, 1.54) is 0 Å². The summed E-state index contributed by atoms with van der Waals surface area (Å²) in [5.74, 6) is 0. The Balaban J connectivity index is 2.11. The van der Waals surface area contributed by atoms with Crippen LogP contribution in [0, 0.1) is 5.41 Å². The molecule has 0 aromatic carbocycles. The van der Waals surface area contributed by atoms with Crippen molar-refractivity contribution in [1.82, 2.24) is 9.38 Å². The molecule has 0 bridgehead atoms. The third-order valence-electron chi connectivity index (χ3n) is 2.89. The maximum atomic E-state index is 10.1. The molecular weight excluding hydrogens is 212 g/mol. The largest absolute Gasteiger partial charge is 0.387 e. The van der Waals surface area contributed by atoms with Crippen LogP contribution < -0.4 is 0 Å². The highest BCUT2D eigenvalue weighted by Crippen LogP contribution is 2.26. The first-order valence-electron chi connectivity index (χ1n) is 6.07. The fraction of sp³-hybridized carbons (Fsp3) is 0.500. The van der Waals surface area contributed by atoms with Crippen LogP contribution in [-0.2, 0) is 0 Å². The zero-order valence-corrected chi connectivity index (χ0v) is 10.7. The molecule has 0 radical (unpaired) electrons. The van der Waals surface area contributed by atoms with Crippen LogP contribution in [0.5, 0.6) is 0 Å². The second-order valence-corrected chi connectivity index (χ2v) is 5.75. The van der Waals surface area contributed by atoms with Gasteiger partial charge < -0.3 is 9.51 Å². The minimum atomic E-state index is -0.464. The van der Waals surface area contributed by atoms with Crippen LogP contribution in [-0.4, -0.2) is 14.5 Å². The lowest BCUT2D eigenvalue weighted by molar-refractivity contribution is 0.144. The lowest BCUT2D eigenvalue weighted by Gasteiger charge is -2.19. The highest BCUT2D eigenvalue weighted by molar-refractivity contribution is 5.39. The van der Waals surface area contributed by atoms with Gasteiger partial charge in [0.15, 0.2) is 0 Å². The van der Waals surface area contributed by atoms with Crippen molar-refractivity contribution in [2.45, 2.75) is 39.7 Å². The monoisotopic (exact) mass is 232 g/mol. The van der Waals surface area contributed by atoms with Crippen molar-refractivity contribution in [3.8, 4) is 0 Å². The molecule has 0 aliphatic rings. The Morgan fingerprint density at radius 3 is 2.76 bits per heavy atom. The van der Waals surface area contributed by atoms with Crippen LogP contribution in [0.4, 0.5) is 0 Å². The summed E-state index contributed by atoms with van der Waals surface area (Å²) in [6, 6.07) is 5.85. The number of imidazole rings is 1. The molecule has 2 aromatic rings. The smallest absolute Gasteiger partial charge is 0.137 e.